The molecule has 0 saturated carbocycles. The van der Waals surface area contributed by atoms with Crippen molar-refractivity contribution in [2.24, 2.45) is 10.9 Å². The molecule has 1 atom stereocenters. The molecule has 0 bridgehead atoms. The van der Waals surface area contributed by atoms with Gasteiger partial charge in [-0.2, -0.15) is 0 Å². The van der Waals surface area contributed by atoms with Crippen LogP contribution in [0.5, 0.6) is 0 Å². The van der Waals surface area contributed by atoms with E-state index < -0.39 is 0 Å². The molecule has 0 radical (unpaired) electrons. The molecule has 116 valence electrons. The third-order valence-corrected chi connectivity index (χ3v) is 4.14. The molecule has 1 aromatic carbocycles. The topological polar surface area (TPSA) is 65.1 Å². The number of oxime groups is 1. The summed E-state index contributed by atoms with van der Waals surface area (Å²) in [5.41, 5.74) is 6.27. The van der Waals surface area contributed by atoms with Crippen LogP contribution in [-0.2, 0) is 6.54 Å². The van der Waals surface area contributed by atoms with E-state index in [1.54, 1.807) is 12.1 Å². The first kappa shape index (κ1) is 16.0. The molecule has 0 aromatic heterocycles. The van der Waals surface area contributed by atoms with E-state index in [-0.39, 0.29) is 17.7 Å². The van der Waals surface area contributed by atoms with Gasteiger partial charge in [-0.1, -0.05) is 22.8 Å². The lowest BCUT2D eigenvalue weighted by Gasteiger charge is -2.37. The van der Waals surface area contributed by atoms with Gasteiger partial charge in [0.15, 0.2) is 5.84 Å². The first-order valence-electron chi connectivity index (χ1n) is 6.89. The zero-order valence-corrected chi connectivity index (χ0v) is 12.7. The van der Waals surface area contributed by atoms with E-state index in [1.165, 1.54) is 6.07 Å². The molecule has 7 heteroatoms. The second-order valence-corrected chi connectivity index (χ2v) is 5.69. The highest BCUT2D eigenvalue weighted by atomic mass is 35.5. The summed E-state index contributed by atoms with van der Waals surface area (Å²) in [7, 11) is 0. The van der Waals surface area contributed by atoms with E-state index in [1.807, 2.05) is 6.92 Å². The van der Waals surface area contributed by atoms with Crippen molar-refractivity contribution in [3.8, 4) is 0 Å². The lowest BCUT2D eigenvalue weighted by Crippen LogP contribution is -2.52. The Morgan fingerprint density at radius 2 is 2.10 bits per heavy atom. The maximum atomic E-state index is 13.8. The average molecular weight is 315 g/mol. The highest BCUT2D eigenvalue weighted by Gasteiger charge is 2.23. The number of nitrogens with two attached hydrogens (primary N) is 1. The summed E-state index contributed by atoms with van der Waals surface area (Å²) in [6.45, 7) is 5.69. The molecule has 1 aliphatic rings. The fourth-order valence-corrected chi connectivity index (χ4v) is 2.63. The Morgan fingerprint density at radius 1 is 1.43 bits per heavy atom. The normalized spacial score (nSPS) is 19.7. The van der Waals surface area contributed by atoms with Gasteiger partial charge in [-0.3, -0.25) is 9.80 Å². The largest absolute Gasteiger partial charge is 0.409 e. The van der Waals surface area contributed by atoms with Crippen LogP contribution in [0.4, 0.5) is 4.39 Å². The van der Waals surface area contributed by atoms with Gasteiger partial charge < -0.3 is 10.9 Å². The summed E-state index contributed by atoms with van der Waals surface area (Å²) >= 11 is 5.75. The summed E-state index contributed by atoms with van der Waals surface area (Å²) in [6.07, 6.45) is 0. The van der Waals surface area contributed by atoms with Crippen LogP contribution in [0.1, 0.15) is 12.5 Å². The number of halogens is 2. The molecule has 2 rings (SSSR count). The van der Waals surface area contributed by atoms with Crippen LogP contribution >= 0.6 is 11.6 Å². The standard InChI is InChI=1S/C14H20ClFN4O/c1-10(14(17)18-21)20-6-4-19(5-7-20)9-11-2-3-12(15)8-13(11)16/h2-3,8,10,21H,4-7,9H2,1H3,(H2,17,18). The monoisotopic (exact) mass is 314 g/mol. The second kappa shape index (κ2) is 7.06. The van der Waals surface area contributed by atoms with Gasteiger partial charge in [-0.15, -0.1) is 0 Å². The molecule has 1 heterocycles. The van der Waals surface area contributed by atoms with Gasteiger partial charge in [0, 0.05) is 43.3 Å². The maximum Gasteiger partial charge on any atom is 0.156 e. The summed E-state index contributed by atoms with van der Waals surface area (Å²) < 4.78 is 13.8. The minimum atomic E-state index is -0.269. The van der Waals surface area contributed by atoms with Gasteiger partial charge in [0.2, 0.25) is 0 Å². The number of nitrogens with zero attached hydrogens (tertiary/aromatic N) is 3. The van der Waals surface area contributed by atoms with E-state index in [4.69, 9.17) is 22.5 Å². The van der Waals surface area contributed by atoms with Crippen LogP contribution in [-0.4, -0.2) is 53.1 Å². The third-order valence-electron chi connectivity index (χ3n) is 3.91. The quantitative estimate of drug-likeness (QED) is 0.384. The number of piperazine rings is 1. The Morgan fingerprint density at radius 3 is 2.67 bits per heavy atom. The Labute approximate surface area is 128 Å². The number of benzene rings is 1. The Kier molecular flexibility index (Phi) is 5.39. The maximum absolute atomic E-state index is 13.8. The minimum absolute atomic E-state index is 0.0931. The van der Waals surface area contributed by atoms with Gasteiger partial charge in [0.05, 0.1) is 6.04 Å². The van der Waals surface area contributed by atoms with Gasteiger partial charge in [0.25, 0.3) is 0 Å². The molecule has 1 aliphatic heterocycles. The lowest BCUT2D eigenvalue weighted by molar-refractivity contribution is 0.115. The predicted octanol–water partition coefficient (Wildman–Crippen LogP) is 1.73. The van der Waals surface area contributed by atoms with Gasteiger partial charge >= 0.3 is 0 Å². The molecule has 1 unspecified atom stereocenters. The SMILES string of the molecule is CC(/C(N)=N/O)N1CCN(Cc2ccc(Cl)cc2F)CC1. The molecule has 21 heavy (non-hydrogen) atoms. The molecular formula is C14H20ClFN4O. The van der Waals surface area contributed by atoms with E-state index in [0.717, 1.165) is 26.2 Å². The van der Waals surface area contributed by atoms with Crippen molar-refractivity contribution in [1.29, 1.82) is 0 Å². The first-order chi connectivity index (χ1) is 10.0. The predicted molar refractivity (Wildman–Crippen MR) is 81.1 cm³/mol. The van der Waals surface area contributed by atoms with E-state index in [9.17, 15) is 4.39 Å². The van der Waals surface area contributed by atoms with Crippen molar-refractivity contribution in [2.45, 2.75) is 19.5 Å². The number of amidine groups is 1. The van der Waals surface area contributed by atoms with Crippen molar-refractivity contribution in [1.82, 2.24) is 9.80 Å². The van der Waals surface area contributed by atoms with E-state index >= 15 is 0 Å². The zero-order chi connectivity index (χ0) is 15.4. The van der Waals surface area contributed by atoms with Crippen molar-refractivity contribution in [3.05, 3.63) is 34.6 Å². The van der Waals surface area contributed by atoms with Crippen LogP contribution in [0.25, 0.3) is 0 Å². The number of hydrogen-bond donors (Lipinski definition) is 2. The molecule has 1 fully saturated rings. The van der Waals surface area contributed by atoms with Crippen LogP contribution < -0.4 is 5.73 Å². The van der Waals surface area contributed by atoms with Crippen molar-refractivity contribution in [3.63, 3.8) is 0 Å². The van der Waals surface area contributed by atoms with Crippen LogP contribution in [0, 0.1) is 5.82 Å². The van der Waals surface area contributed by atoms with Gasteiger partial charge in [-0.05, 0) is 19.1 Å². The van der Waals surface area contributed by atoms with Crippen LogP contribution in [0.3, 0.4) is 0 Å². The Hall–Kier alpha value is -1.37. The molecule has 0 aliphatic carbocycles. The molecule has 5 nitrogen and oxygen atoms in total. The fourth-order valence-electron chi connectivity index (χ4n) is 2.47. The Bertz CT molecular complexity index is 518. The first-order valence-corrected chi connectivity index (χ1v) is 7.27. The van der Waals surface area contributed by atoms with Crippen LogP contribution in [0.15, 0.2) is 23.4 Å². The third kappa shape index (κ3) is 4.06. The summed E-state index contributed by atoms with van der Waals surface area (Å²) in [5, 5.41) is 12.2. The number of rotatable bonds is 4. The lowest BCUT2D eigenvalue weighted by atomic mass is 10.1. The molecule has 1 aromatic rings. The highest BCUT2D eigenvalue weighted by molar-refractivity contribution is 6.30. The van der Waals surface area contributed by atoms with Crippen molar-refractivity contribution >= 4 is 17.4 Å². The van der Waals surface area contributed by atoms with Gasteiger partial charge in [0.1, 0.15) is 5.82 Å². The molecule has 0 amide bonds. The van der Waals surface area contributed by atoms with Crippen LogP contribution in [0.2, 0.25) is 5.02 Å². The second-order valence-electron chi connectivity index (χ2n) is 5.25. The molecular weight excluding hydrogens is 295 g/mol. The summed E-state index contributed by atoms with van der Waals surface area (Å²) in [6, 6.07) is 4.68. The fraction of sp³-hybridized carbons (Fsp3) is 0.500. The zero-order valence-electron chi connectivity index (χ0n) is 12.0. The van der Waals surface area contributed by atoms with Crippen molar-refractivity contribution in [2.75, 3.05) is 26.2 Å². The summed E-state index contributed by atoms with van der Waals surface area (Å²) in [5.74, 6) is -0.0536. The van der Waals surface area contributed by atoms with Crippen molar-refractivity contribution < 1.29 is 9.60 Å². The molecule has 0 spiro atoms. The van der Waals surface area contributed by atoms with E-state index in [2.05, 4.69) is 15.0 Å². The smallest absolute Gasteiger partial charge is 0.156 e. The molecule has 3 N–H and O–H groups in total. The van der Waals surface area contributed by atoms with Gasteiger partial charge in [-0.25, -0.2) is 4.39 Å². The average Bonchev–Trinajstić information content (AvgIpc) is 2.49. The van der Waals surface area contributed by atoms with E-state index in [0.29, 0.717) is 17.1 Å². The Balaban J connectivity index is 1.89. The highest BCUT2D eigenvalue weighted by Crippen LogP contribution is 2.17. The molecule has 1 saturated heterocycles. The number of hydrogen-bond acceptors (Lipinski definition) is 4. The minimum Gasteiger partial charge on any atom is -0.409 e. The summed E-state index contributed by atoms with van der Waals surface area (Å²) in [4.78, 5) is 4.32.